The predicted octanol–water partition coefficient (Wildman–Crippen LogP) is 9.41. The van der Waals surface area contributed by atoms with Crippen LogP contribution in [0.25, 0.3) is 5.57 Å². The van der Waals surface area contributed by atoms with Crippen LogP contribution >= 0.6 is 0 Å². The molecule has 0 amide bonds. The topological polar surface area (TPSA) is 60.4 Å². The molecule has 4 heteroatoms. The molecule has 0 unspecified atom stereocenters. The number of phenolic OH excluding ortho intramolecular Hbond substituents is 1. The molecule has 0 atom stereocenters. The Hall–Kier alpha value is -2.43. The molecule has 0 spiro atoms. The maximum Gasteiger partial charge on any atom is 0.186 e. The lowest BCUT2D eigenvalue weighted by Crippen LogP contribution is -2.46. The first-order valence-corrected chi connectivity index (χ1v) is 14.9. The molecule has 41 heavy (non-hydrogen) atoms. The van der Waals surface area contributed by atoms with E-state index in [0.717, 1.165) is 44.6 Å². The molecule has 0 fully saturated rings. The Morgan fingerprint density at radius 2 is 1.10 bits per heavy atom. The van der Waals surface area contributed by atoms with Gasteiger partial charge in [0.2, 0.25) is 0 Å². The fraction of sp³-hybridized carbons (Fsp3) is 0.595. The van der Waals surface area contributed by atoms with E-state index in [1.807, 2.05) is 39.8 Å². The first-order valence-electron chi connectivity index (χ1n) is 14.9. The smallest absolute Gasteiger partial charge is 0.186 e. The molecule has 0 bridgehead atoms. The van der Waals surface area contributed by atoms with Crippen molar-refractivity contribution in [3.8, 4) is 5.75 Å². The van der Waals surface area contributed by atoms with Crippen molar-refractivity contribution < 1.29 is 15.1 Å². The van der Waals surface area contributed by atoms with Crippen molar-refractivity contribution in [2.45, 2.75) is 133 Å². The van der Waals surface area contributed by atoms with Gasteiger partial charge in [-0.3, -0.25) is 4.79 Å². The summed E-state index contributed by atoms with van der Waals surface area (Å²) in [5.74, 6) is 0.397. The van der Waals surface area contributed by atoms with Crippen molar-refractivity contribution in [3.63, 3.8) is 0 Å². The molecule has 1 aromatic rings. The number of rotatable bonds is 2. The number of hydrogen-bond acceptors (Lipinski definition) is 3. The Bertz CT molecular complexity index is 1310. The molecular formula is C37H54NO3. The molecular weight excluding hydrogens is 506 g/mol. The van der Waals surface area contributed by atoms with E-state index < -0.39 is 11.1 Å². The molecule has 1 aromatic carbocycles. The predicted molar refractivity (Wildman–Crippen MR) is 171 cm³/mol. The van der Waals surface area contributed by atoms with E-state index in [4.69, 9.17) is 0 Å². The van der Waals surface area contributed by atoms with Crippen molar-refractivity contribution in [1.82, 2.24) is 5.06 Å². The lowest BCUT2D eigenvalue weighted by Gasteiger charge is -2.36. The van der Waals surface area contributed by atoms with Crippen molar-refractivity contribution in [3.05, 3.63) is 69.3 Å². The summed E-state index contributed by atoms with van der Waals surface area (Å²) in [7, 11) is 0. The highest BCUT2D eigenvalue weighted by Gasteiger charge is 2.48. The number of nitrogens with zero attached hydrogens (tertiary/aromatic N) is 1. The quantitative estimate of drug-likeness (QED) is 0.392. The Kier molecular flexibility index (Phi) is 7.91. The van der Waals surface area contributed by atoms with Crippen LogP contribution in [0.2, 0.25) is 0 Å². The van der Waals surface area contributed by atoms with Gasteiger partial charge in [-0.2, -0.15) is 0 Å². The van der Waals surface area contributed by atoms with Crippen LogP contribution < -0.4 is 0 Å². The van der Waals surface area contributed by atoms with E-state index in [1.165, 1.54) is 5.06 Å². The molecule has 3 rings (SSSR count). The first kappa shape index (κ1) is 33.1. The third-order valence-corrected chi connectivity index (χ3v) is 8.47. The molecule has 1 aliphatic carbocycles. The van der Waals surface area contributed by atoms with Crippen LogP contribution in [0.1, 0.15) is 127 Å². The first-order chi connectivity index (χ1) is 18.1. The zero-order valence-electron chi connectivity index (χ0n) is 28.6. The number of benzene rings is 1. The molecule has 0 saturated carbocycles. The fourth-order valence-electron chi connectivity index (χ4n) is 6.08. The van der Waals surface area contributed by atoms with Crippen LogP contribution in [0.5, 0.6) is 5.75 Å². The van der Waals surface area contributed by atoms with Gasteiger partial charge in [-0.25, -0.2) is 0 Å². The van der Waals surface area contributed by atoms with Gasteiger partial charge in [-0.1, -0.05) is 89.2 Å². The standard InChI is InChI=1S/C37H54NO3/c1-32(2,3)24-17-22(18-25(30(24)39)33(4,5)6)29(28-21-36(13,14)38(41)37(28,15)16)23-19-26(34(7,8)9)31(40)27(20-23)35(10,11)12/h17-21,39H,1-16H3. The molecule has 2 aliphatic rings. The van der Waals surface area contributed by atoms with Crippen molar-refractivity contribution in [1.29, 1.82) is 0 Å². The summed E-state index contributed by atoms with van der Waals surface area (Å²) in [6.45, 7) is 33.0. The minimum absolute atomic E-state index is 0.0787. The van der Waals surface area contributed by atoms with Crippen LogP contribution in [0.3, 0.4) is 0 Å². The fourth-order valence-corrected chi connectivity index (χ4v) is 6.08. The molecule has 4 nitrogen and oxygen atoms in total. The van der Waals surface area contributed by atoms with Crippen LogP contribution in [-0.4, -0.2) is 27.0 Å². The molecule has 1 aliphatic heterocycles. The second-order valence-electron chi connectivity index (χ2n) is 17.3. The Morgan fingerprint density at radius 3 is 1.39 bits per heavy atom. The highest BCUT2D eigenvalue weighted by molar-refractivity contribution is 6.13. The van der Waals surface area contributed by atoms with Crippen molar-refractivity contribution in [2.75, 3.05) is 0 Å². The summed E-state index contributed by atoms with van der Waals surface area (Å²) in [5, 5.41) is 26.4. The number of allylic oxidation sites excluding steroid dienone is 5. The summed E-state index contributed by atoms with van der Waals surface area (Å²) >= 11 is 0. The minimum Gasteiger partial charge on any atom is -0.507 e. The number of carbonyl (C=O) groups is 1. The van der Waals surface area contributed by atoms with Crippen molar-refractivity contribution >= 4 is 11.4 Å². The molecule has 0 saturated heterocycles. The molecule has 0 aromatic heterocycles. The van der Waals surface area contributed by atoms with Gasteiger partial charge >= 0.3 is 0 Å². The maximum atomic E-state index is 13.9. The van der Waals surface area contributed by atoms with Crippen LogP contribution in [0, 0.1) is 10.8 Å². The van der Waals surface area contributed by atoms with Gasteiger partial charge in [0.15, 0.2) is 5.78 Å². The highest BCUT2D eigenvalue weighted by atomic mass is 16.5. The van der Waals surface area contributed by atoms with E-state index in [0.29, 0.717) is 5.75 Å². The van der Waals surface area contributed by atoms with Gasteiger partial charge in [0.1, 0.15) is 5.75 Å². The van der Waals surface area contributed by atoms with E-state index in [1.54, 1.807) is 0 Å². The number of hydrogen-bond donors (Lipinski definition) is 1. The zero-order valence-corrected chi connectivity index (χ0v) is 28.6. The average molecular weight is 561 g/mol. The van der Waals surface area contributed by atoms with Gasteiger partial charge in [-0.05, 0) is 95.9 Å². The van der Waals surface area contributed by atoms with E-state index >= 15 is 0 Å². The third kappa shape index (κ3) is 6.06. The lowest BCUT2D eigenvalue weighted by molar-refractivity contribution is -0.237. The number of phenols is 1. The van der Waals surface area contributed by atoms with Gasteiger partial charge in [0, 0.05) is 22.3 Å². The highest BCUT2D eigenvalue weighted by Crippen LogP contribution is 2.50. The van der Waals surface area contributed by atoms with E-state index in [-0.39, 0.29) is 27.4 Å². The van der Waals surface area contributed by atoms with Gasteiger partial charge in [-0.15, -0.1) is 10.3 Å². The Labute approximate surface area is 249 Å². The minimum atomic E-state index is -0.819. The van der Waals surface area contributed by atoms with Crippen molar-refractivity contribution in [2.24, 2.45) is 10.8 Å². The Balaban J connectivity index is 2.66. The maximum absolute atomic E-state index is 13.9. The number of Topliss-reactive ketones (excluding diaryl/α,β-unsaturated/α-hetero) is 1. The van der Waals surface area contributed by atoms with Crippen LogP contribution in [0.15, 0.2) is 52.7 Å². The third-order valence-electron chi connectivity index (χ3n) is 8.47. The van der Waals surface area contributed by atoms with E-state index in [2.05, 4.69) is 101 Å². The normalized spacial score (nSPS) is 20.2. The summed E-state index contributed by atoms with van der Waals surface area (Å²) in [4.78, 5) is 13.9. The Morgan fingerprint density at radius 1 is 0.707 bits per heavy atom. The van der Waals surface area contributed by atoms with Gasteiger partial charge < -0.3 is 5.11 Å². The molecule has 1 radical (unpaired) electrons. The average Bonchev–Trinajstić information content (AvgIpc) is 2.91. The summed E-state index contributed by atoms with van der Waals surface area (Å²) < 4.78 is 0. The van der Waals surface area contributed by atoms with Gasteiger partial charge in [0.25, 0.3) is 0 Å². The number of ketones is 1. The van der Waals surface area contributed by atoms with E-state index in [9.17, 15) is 15.1 Å². The van der Waals surface area contributed by atoms with Crippen LogP contribution in [0.4, 0.5) is 0 Å². The monoisotopic (exact) mass is 560 g/mol. The van der Waals surface area contributed by atoms with Gasteiger partial charge in [0.05, 0.1) is 11.1 Å². The second kappa shape index (κ2) is 9.81. The van der Waals surface area contributed by atoms with Crippen LogP contribution in [-0.2, 0) is 20.8 Å². The largest absolute Gasteiger partial charge is 0.507 e. The molecule has 1 N–H and O–H groups in total. The summed E-state index contributed by atoms with van der Waals surface area (Å²) in [6, 6.07) is 4.19. The SMILES string of the molecule is CC(C)(C)C1=CC(=C(C2=CC(C)(C)N([O])C2(C)C)c2cc(C(C)(C)C)c(O)c(C(C)(C)C)c2)C=C(C(C)(C)C)C1=O. The lowest BCUT2D eigenvalue weighted by atomic mass is 9.70. The number of aromatic hydroxyl groups is 1. The second-order valence-corrected chi connectivity index (χ2v) is 17.3. The summed E-state index contributed by atoms with van der Waals surface area (Å²) in [6.07, 6.45) is 6.18. The zero-order chi connectivity index (χ0) is 31.9. The summed E-state index contributed by atoms with van der Waals surface area (Å²) in [5.41, 5.74) is 4.08. The molecule has 225 valence electrons. The molecule has 1 heterocycles. The number of hydroxylamine groups is 2. The number of carbonyl (C=O) groups excluding carboxylic acids is 1.